The largest absolute Gasteiger partial charge is 0.309 e. The zero-order chi connectivity index (χ0) is 10.2. The fourth-order valence-electron chi connectivity index (χ4n) is 1.24. The molecule has 0 aromatic carbocycles. The number of unbranched alkanes of at least 4 members (excludes halogenated alkanes) is 5. The third-order valence-electron chi connectivity index (χ3n) is 2.01. The molecule has 0 aromatic rings. The quantitative estimate of drug-likeness (QED) is 0.375. The van der Waals surface area contributed by atoms with E-state index in [1.54, 1.807) is 0 Å². The summed E-state index contributed by atoms with van der Waals surface area (Å²) in [6.07, 6.45) is 7.48. The highest BCUT2D eigenvalue weighted by molar-refractivity contribution is 8.10. The summed E-state index contributed by atoms with van der Waals surface area (Å²) in [5.41, 5.74) is 0. The molecule has 78 valence electrons. The molecule has 0 saturated carbocycles. The third-order valence-corrected chi connectivity index (χ3v) is 2.81. The van der Waals surface area contributed by atoms with Gasteiger partial charge in [0.1, 0.15) is 0 Å². The molecule has 1 N–H and O–H groups in total. The van der Waals surface area contributed by atoms with E-state index in [1.807, 2.05) is 0 Å². The van der Waals surface area contributed by atoms with Gasteiger partial charge in [0.25, 0.3) is 0 Å². The van der Waals surface area contributed by atoms with Crippen LogP contribution in [0.4, 0.5) is 0 Å². The van der Waals surface area contributed by atoms with Crippen molar-refractivity contribution in [1.29, 1.82) is 0 Å². The van der Waals surface area contributed by atoms with Crippen molar-refractivity contribution in [3.8, 4) is 0 Å². The van der Waals surface area contributed by atoms with Gasteiger partial charge in [0, 0.05) is 0 Å². The van der Waals surface area contributed by atoms with Crippen LogP contribution in [-0.2, 0) is 9.97 Å². The lowest BCUT2D eigenvalue weighted by Gasteiger charge is -1.98. The highest BCUT2D eigenvalue weighted by Crippen LogP contribution is 2.07. The van der Waals surface area contributed by atoms with E-state index in [2.05, 4.69) is 6.92 Å². The normalized spacial score (nSPS) is 11.5. The molecule has 0 heterocycles. The molecule has 0 aliphatic carbocycles. The summed E-state index contributed by atoms with van der Waals surface area (Å²) >= 11 is 0. The van der Waals surface area contributed by atoms with Gasteiger partial charge in [-0.2, -0.15) is 0 Å². The zero-order valence-corrected chi connectivity index (χ0v) is 9.15. The highest BCUT2D eigenvalue weighted by Gasteiger charge is 2.06. The third kappa shape index (κ3) is 12.0. The molecule has 13 heavy (non-hydrogen) atoms. The van der Waals surface area contributed by atoms with Crippen LogP contribution in [0.25, 0.3) is 0 Å². The van der Waals surface area contributed by atoms with E-state index in [0.717, 1.165) is 12.8 Å². The van der Waals surface area contributed by atoms with E-state index in [1.165, 1.54) is 25.7 Å². The Morgan fingerprint density at radius 1 is 1.08 bits per heavy atom. The van der Waals surface area contributed by atoms with Gasteiger partial charge < -0.3 is 0 Å². The van der Waals surface area contributed by atoms with Gasteiger partial charge in [0.05, 0.1) is 0 Å². The Bertz CT molecular complexity index is 201. The van der Waals surface area contributed by atoms with Gasteiger partial charge >= 0.3 is 6.56 Å². The maximum Gasteiger partial charge on any atom is 0.309 e. The Hall–Kier alpha value is -0.0251. The van der Waals surface area contributed by atoms with Crippen molar-refractivity contribution in [2.45, 2.75) is 51.8 Å². The molecule has 0 unspecified atom stereocenters. The van der Waals surface area contributed by atoms with Crippen molar-refractivity contribution in [2.75, 3.05) is 0 Å². The zero-order valence-electron chi connectivity index (χ0n) is 8.33. The highest BCUT2D eigenvalue weighted by atomic mass is 32.2. The van der Waals surface area contributed by atoms with E-state index in [4.69, 9.17) is 4.55 Å². The number of hydrogen-bond acceptors (Lipinski definition) is 2. The summed E-state index contributed by atoms with van der Waals surface area (Å²) in [6.45, 7) is 2.08. The molecule has 5 heteroatoms. The summed E-state index contributed by atoms with van der Waals surface area (Å²) < 4.78 is 29.1. The van der Waals surface area contributed by atoms with Crippen LogP contribution in [0.1, 0.15) is 45.4 Å². The fraction of sp³-hybridized carbons (Fsp3) is 1.00. The van der Waals surface area contributed by atoms with Crippen LogP contribution in [0.2, 0.25) is 6.32 Å². The molecule has 0 aliphatic heterocycles. The van der Waals surface area contributed by atoms with Crippen molar-refractivity contribution < 1.29 is 13.0 Å². The number of rotatable bonds is 8. The van der Waals surface area contributed by atoms with E-state index < -0.39 is 9.97 Å². The Morgan fingerprint density at radius 3 is 2.15 bits per heavy atom. The minimum atomic E-state index is -3.72. The van der Waals surface area contributed by atoms with Gasteiger partial charge in [-0.1, -0.05) is 51.8 Å². The van der Waals surface area contributed by atoms with Crippen LogP contribution in [0.5, 0.6) is 0 Å². The molecule has 0 amide bonds. The molecule has 0 bridgehead atoms. The van der Waals surface area contributed by atoms with E-state index in [0.29, 0.717) is 6.32 Å². The average Bonchev–Trinajstić information content (AvgIpc) is 2.01. The van der Waals surface area contributed by atoms with Crippen molar-refractivity contribution >= 4 is 16.5 Å². The van der Waals surface area contributed by atoms with E-state index >= 15 is 0 Å². The van der Waals surface area contributed by atoms with Gasteiger partial charge in [-0.3, -0.25) is 4.55 Å². The lowest BCUT2D eigenvalue weighted by molar-refractivity contribution is 0.500. The second kappa shape index (κ2) is 7.39. The predicted molar refractivity (Wildman–Crippen MR) is 56.9 cm³/mol. The van der Waals surface area contributed by atoms with Gasteiger partial charge in [-0.05, 0) is 0 Å². The lowest BCUT2D eigenvalue weighted by Crippen LogP contribution is -2.07. The molecule has 0 fully saturated rings. The predicted octanol–water partition coefficient (Wildman–Crippen LogP) is 2.00. The van der Waals surface area contributed by atoms with Crippen molar-refractivity contribution in [1.82, 2.24) is 0 Å². The molecule has 0 saturated heterocycles. The lowest BCUT2D eigenvalue weighted by atomic mass is 9.97. The molecule has 3 nitrogen and oxygen atoms in total. The first-order valence-corrected chi connectivity index (χ1v) is 6.62. The Labute approximate surface area is 81.8 Å². The second-order valence-corrected chi connectivity index (χ2v) is 4.98. The van der Waals surface area contributed by atoms with E-state index in [9.17, 15) is 8.42 Å². The molecular weight excluding hydrogens is 187 g/mol. The smallest absolute Gasteiger partial charge is 0.295 e. The maximum atomic E-state index is 10.3. The standard InChI is InChI=1S/C8H19BO3S/c1-2-3-4-5-6-7-8-9-13(10,11)12/h9H,2-8H2,1H3,(H,10,11,12). The molecule has 0 rings (SSSR count). The number of hydrogen-bond donors (Lipinski definition) is 1. The van der Waals surface area contributed by atoms with Gasteiger partial charge in [0.2, 0.25) is 9.97 Å². The van der Waals surface area contributed by atoms with E-state index in [-0.39, 0.29) is 6.56 Å². The molecule has 0 atom stereocenters. The van der Waals surface area contributed by atoms with Crippen LogP contribution in [-0.4, -0.2) is 19.5 Å². The van der Waals surface area contributed by atoms with Gasteiger partial charge in [-0.15, -0.1) is 0 Å². The van der Waals surface area contributed by atoms with Crippen molar-refractivity contribution in [2.24, 2.45) is 0 Å². The molecular formula is C8H19BO3S. The first-order chi connectivity index (χ1) is 6.06. The van der Waals surface area contributed by atoms with Crippen LogP contribution < -0.4 is 0 Å². The SMILES string of the molecule is CCCCCCCCBS(=O)(=O)O. The van der Waals surface area contributed by atoms with Gasteiger partial charge in [0.15, 0.2) is 0 Å². The Balaban J connectivity index is 3.09. The monoisotopic (exact) mass is 206 g/mol. The summed E-state index contributed by atoms with van der Waals surface area (Å²) in [5, 5.41) is 0. The summed E-state index contributed by atoms with van der Waals surface area (Å²) in [6, 6.07) is 0. The van der Waals surface area contributed by atoms with Crippen LogP contribution in [0.15, 0.2) is 0 Å². The molecule has 0 aromatic heterocycles. The molecule has 0 spiro atoms. The average molecular weight is 206 g/mol. The van der Waals surface area contributed by atoms with Gasteiger partial charge in [-0.25, -0.2) is 8.42 Å². The molecule has 0 radical (unpaired) electrons. The first kappa shape index (κ1) is 13.0. The molecule has 0 aliphatic rings. The fourth-order valence-corrected chi connectivity index (χ4v) is 1.81. The van der Waals surface area contributed by atoms with Crippen LogP contribution in [0, 0.1) is 0 Å². The Kier molecular flexibility index (Phi) is 7.37. The van der Waals surface area contributed by atoms with Crippen LogP contribution >= 0.6 is 0 Å². The maximum absolute atomic E-state index is 10.3. The topological polar surface area (TPSA) is 54.4 Å². The van der Waals surface area contributed by atoms with Crippen LogP contribution in [0.3, 0.4) is 0 Å². The Morgan fingerprint density at radius 2 is 1.62 bits per heavy atom. The first-order valence-electron chi connectivity index (χ1n) is 5.01. The minimum Gasteiger partial charge on any atom is -0.295 e. The summed E-state index contributed by atoms with van der Waals surface area (Å²) in [7, 11) is -3.72. The second-order valence-electron chi connectivity index (χ2n) is 3.41. The summed E-state index contributed by atoms with van der Waals surface area (Å²) in [5.74, 6) is 0. The van der Waals surface area contributed by atoms with Crippen molar-refractivity contribution in [3.05, 3.63) is 0 Å². The summed E-state index contributed by atoms with van der Waals surface area (Å²) in [4.78, 5) is 0. The minimum absolute atomic E-state index is 0.0826. The van der Waals surface area contributed by atoms with Crippen molar-refractivity contribution in [3.63, 3.8) is 0 Å².